The summed E-state index contributed by atoms with van der Waals surface area (Å²) in [6.45, 7) is 0.443. The molecular weight excluding hydrogens is 274 g/mol. The summed E-state index contributed by atoms with van der Waals surface area (Å²) in [7, 11) is 0. The second-order valence-corrected chi connectivity index (χ2v) is 4.72. The number of benzene rings is 1. The summed E-state index contributed by atoms with van der Waals surface area (Å²) in [4.78, 5) is 13.2. The Morgan fingerprint density at radius 2 is 2.25 bits per heavy atom. The molecule has 0 spiro atoms. The number of aliphatic hydroxyl groups is 1. The Balaban J connectivity index is 2.35. The molecule has 1 fully saturated rings. The summed E-state index contributed by atoms with van der Waals surface area (Å²) < 4.78 is 0.680. The first-order chi connectivity index (χ1) is 7.63. The molecule has 1 saturated heterocycles. The van der Waals surface area contributed by atoms with Gasteiger partial charge < -0.3 is 15.1 Å². The van der Waals surface area contributed by atoms with Crippen LogP contribution in [0.2, 0.25) is 0 Å². The van der Waals surface area contributed by atoms with Gasteiger partial charge in [0.15, 0.2) is 0 Å². The van der Waals surface area contributed by atoms with E-state index in [2.05, 4.69) is 15.9 Å². The van der Waals surface area contributed by atoms with Crippen molar-refractivity contribution in [3.63, 3.8) is 0 Å². The molecular formula is C11H12BrNO3. The number of phenols is 1. The van der Waals surface area contributed by atoms with Gasteiger partial charge in [0.25, 0.3) is 0 Å². The second-order valence-electron chi connectivity index (χ2n) is 3.86. The number of phenolic OH excluding ortho intramolecular Hbond substituents is 1. The van der Waals surface area contributed by atoms with E-state index in [0.29, 0.717) is 23.1 Å². The maximum Gasteiger partial charge on any atom is 0.227 e. The molecule has 0 aliphatic carbocycles. The number of carbonyl (C=O) groups excluding carboxylic acids is 1. The molecule has 0 bridgehead atoms. The van der Waals surface area contributed by atoms with Gasteiger partial charge in [-0.3, -0.25) is 4.79 Å². The Morgan fingerprint density at radius 3 is 2.81 bits per heavy atom. The highest BCUT2D eigenvalue weighted by Crippen LogP contribution is 2.38. The summed E-state index contributed by atoms with van der Waals surface area (Å²) in [5.41, 5.74) is 0.489. The van der Waals surface area contributed by atoms with Crippen molar-refractivity contribution in [2.24, 2.45) is 5.92 Å². The first kappa shape index (κ1) is 11.4. The van der Waals surface area contributed by atoms with Crippen molar-refractivity contribution in [1.82, 2.24) is 0 Å². The lowest BCUT2D eigenvalue weighted by Crippen LogP contribution is -2.25. The molecule has 1 aromatic rings. The fourth-order valence-corrected chi connectivity index (χ4v) is 2.46. The van der Waals surface area contributed by atoms with Crippen molar-refractivity contribution in [2.75, 3.05) is 18.1 Å². The van der Waals surface area contributed by atoms with Gasteiger partial charge in [0.1, 0.15) is 11.4 Å². The maximum absolute atomic E-state index is 11.7. The molecule has 2 N–H and O–H groups in total. The Kier molecular flexibility index (Phi) is 3.16. The van der Waals surface area contributed by atoms with E-state index in [-0.39, 0.29) is 24.2 Å². The third-order valence-electron chi connectivity index (χ3n) is 2.70. The van der Waals surface area contributed by atoms with Crippen LogP contribution in [0.3, 0.4) is 0 Å². The number of nitrogens with zero attached hydrogens (tertiary/aromatic N) is 1. The van der Waals surface area contributed by atoms with Crippen LogP contribution in [-0.4, -0.2) is 29.3 Å². The van der Waals surface area contributed by atoms with E-state index in [4.69, 9.17) is 5.11 Å². The van der Waals surface area contributed by atoms with E-state index < -0.39 is 0 Å². The van der Waals surface area contributed by atoms with Crippen LogP contribution in [0.25, 0.3) is 0 Å². The van der Waals surface area contributed by atoms with Gasteiger partial charge in [0, 0.05) is 30.0 Å². The highest BCUT2D eigenvalue weighted by Gasteiger charge is 2.32. The summed E-state index contributed by atoms with van der Waals surface area (Å²) in [5.74, 6) is -0.0402. The third kappa shape index (κ3) is 1.92. The van der Waals surface area contributed by atoms with Gasteiger partial charge in [-0.25, -0.2) is 0 Å². The smallest absolute Gasteiger partial charge is 0.227 e. The normalized spacial score (nSPS) is 20.5. The van der Waals surface area contributed by atoms with Crippen LogP contribution in [0, 0.1) is 5.92 Å². The van der Waals surface area contributed by atoms with Crippen molar-refractivity contribution in [3.8, 4) is 5.75 Å². The van der Waals surface area contributed by atoms with Crippen LogP contribution in [0.1, 0.15) is 6.42 Å². The van der Waals surface area contributed by atoms with Crippen molar-refractivity contribution in [1.29, 1.82) is 0 Å². The van der Waals surface area contributed by atoms with Crippen molar-refractivity contribution in [2.45, 2.75) is 6.42 Å². The van der Waals surface area contributed by atoms with Crippen molar-refractivity contribution >= 4 is 27.5 Å². The first-order valence-corrected chi connectivity index (χ1v) is 5.81. The highest BCUT2D eigenvalue weighted by molar-refractivity contribution is 9.10. The number of hydrogen-bond donors (Lipinski definition) is 2. The predicted molar refractivity (Wildman–Crippen MR) is 63.4 cm³/mol. The van der Waals surface area contributed by atoms with E-state index in [0.717, 1.165) is 0 Å². The molecule has 2 rings (SSSR count). The molecule has 16 heavy (non-hydrogen) atoms. The number of amides is 1. The number of carbonyl (C=O) groups is 1. The Morgan fingerprint density at radius 1 is 1.50 bits per heavy atom. The van der Waals surface area contributed by atoms with Crippen molar-refractivity contribution in [3.05, 3.63) is 22.7 Å². The lowest BCUT2D eigenvalue weighted by atomic mass is 10.1. The molecule has 1 amide bonds. The van der Waals surface area contributed by atoms with Crippen LogP contribution in [0.5, 0.6) is 5.75 Å². The largest absolute Gasteiger partial charge is 0.506 e. The topological polar surface area (TPSA) is 60.8 Å². The SMILES string of the molecule is O=C1CC(CO)CN1c1c(O)cccc1Br. The minimum atomic E-state index is -0.0683. The summed E-state index contributed by atoms with van der Waals surface area (Å²) >= 11 is 3.31. The van der Waals surface area contributed by atoms with Crippen LogP contribution < -0.4 is 4.90 Å². The third-order valence-corrected chi connectivity index (χ3v) is 3.34. The highest BCUT2D eigenvalue weighted by atomic mass is 79.9. The molecule has 0 aromatic heterocycles. The molecule has 1 aromatic carbocycles. The molecule has 86 valence electrons. The first-order valence-electron chi connectivity index (χ1n) is 5.02. The van der Waals surface area contributed by atoms with E-state index in [1.165, 1.54) is 4.90 Å². The number of hydrogen-bond acceptors (Lipinski definition) is 3. The standard InChI is InChI=1S/C11H12BrNO3/c12-8-2-1-3-9(15)11(8)13-5-7(6-14)4-10(13)16/h1-3,7,14-15H,4-6H2. The van der Waals surface area contributed by atoms with Crippen LogP contribution >= 0.6 is 15.9 Å². The number of aromatic hydroxyl groups is 1. The molecule has 0 radical (unpaired) electrons. The number of halogens is 1. The monoisotopic (exact) mass is 285 g/mol. The number of aliphatic hydroxyl groups excluding tert-OH is 1. The van der Waals surface area contributed by atoms with Gasteiger partial charge >= 0.3 is 0 Å². The fourth-order valence-electron chi connectivity index (χ4n) is 1.89. The minimum absolute atomic E-state index is 0.00649. The van der Waals surface area contributed by atoms with E-state index in [9.17, 15) is 9.90 Å². The number of rotatable bonds is 2. The quantitative estimate of drug-likeness (QED) is 0.866. The lowest BCUT2D eigenvalue weighted by molar-refractivity contribution is -0.117. The predicted octanol–water partition coefficient (Wildman–Crippen LogP) is 1.50. The zero-order valence-corrected chi connectivity index (χ0v) is 10.1. The van der Waals surface area contributed by atoms with Gasteiger partial charge in [-0.1, -0.05) is 6.07 Å². The minimum Gasteiger partial charge on any atom is -0.506 e. The average molecular weight is 286 g/mol. The molecule has 1 heterocycles. The molecule has 4 nitrogen and oxygen atoms in total. The average Bonchev–Trinajstić information content (AvgIpc) is 2.60. The summed E-state index contributed by atoms with van der Waals surface area (Å²) in [6.07, 6.45) is 0.331. The zero-order chi connectivity index (χ0) is 11.7. The zero-order valence-electron chi connectivity index (χ0n) is 8.56. The maximum atomic E-state index is 11.7. The Hall–Kier alpha value is -1.07. The van der Waals surface area contributed by atoms with Crippen LogP contribution in [0.4, 0.5) is 5.69 Å². The van der Waals surface area contributed by atoms with E-state index in [1.54, 1.807) is 18.2 Å². The Bertz CT molecular complexity index is 401. The summed E-state index contributed by atoms with van der Waals surface area (Å²) in [5, 5.41) is 18.8. The number of para-hydroxylation sites is 1. The molecule has 1 atom stereocenters. The van der Waals surface area contributed by atoms with Crippen LogP contribution in [-0.2, 0) is 4.79 Å². The molecule has 0 saturated carbocycles. The second kappa shape index (κ2) is 4.43. The van der Waals surface area contributed by atoms with E-state index >= 15 is 0 Å². The summed E-state index contributed by atoms with van der Waals surface area (Å²) in [6, 6.07) is 5.02. The van der Waals surface area contributed by atoms with E-state index in [1.807, 2.05) is 0 Å². The van der Waals surface area contributed by atoms with Gasteiger partial charge in [0.05, 0.1) is 0 Å². The molecule has 1 aliphatic heterocycles. The molecule has 5 heteroatoms. The van der Waals surface area contributed by atoms with Gasteiger partial charge in [-0.2, -0.15) is 0 Å². The van der Waals surface area contributed by atoms with Crippen LogP contribution in [0.15, 0.2) is 22.7 Å². The number of anilines is 1. The fraction of sp³-hybridized carbons (Fsp3) is 0.364. The lowest BCUT2D eigenvalue weighted by Gasteiger charge is -2.19. The Labute approximate surface area is 102 Å². The van der Waals surface area contributed by atoms with Gasteiger partial charge in [-0.05, 0) is 28.1 Å². The molecule has 1 unspecified atom stereocenters. The van der Waals surface area contributed by atoms with Crippen molar-refractivity contribution < 1.29 is 15.0 Å². The molecule has 1 aliphatic rings. The van der Waals surface area contributed by atoms with Gasteiger partial charge in [0.2, 0.25) is 5.91 Å². The van der Waals surface area contributed by atoms with Gasteiger partial charge in [-0.15, -0.1) is 0 Å².